The van der Waals surface area contributed by atoms with E-state index in [1.165, 1.54) is 10.5 Å². The molecule has 0 aliphatic rings. The quantitative estimate of drug-likeness (QED) is 0.294. The minimum absolute atomic E-state index is 0.109. The SMILES string of the molecule is COCCCN(CC(=O)Nc1cc(C(C)(C)C)nn1-c1ccc(C)cc1C)C(=O)Nc1ccc(C(C)C)cc1. The molecule has 2 aromatic carbocycles. The van der Waals surface area contributed by atoms with Crippen molar-refractivity contribution in [2.45, 2.75) is 66.2 Å². The fraction of sp³-hybridized carbons (Fsp3) is 0.452. The molecule has 0 fully saturated rings. The smallest absolute Gasteiger partial charge is 0.322 e. The number of aryl methyl sites for hydroxylation is 2. The maximum Gasteiger partial charge on any atom is 0.322 e. The van der Waals surface area contributed by atoms with Gasteiger partial charge in [-0.25, -0.2) is 9.48 Å². The number of carbonyl (C=O) groups excluding carboxylic acids is 2. The van der Waals surface area contributed by atoms with Crippen molar-refractivity contribution in [3.05, 3.63) is 70.9 Å². The summed E-state index contributed by atoms with van der Waals surface area (Å²) in [6.45, 7) is 15.3. The molecule has 0 radical (unpaired) electrons. The molecular weight excluding hydrogens is 490 g/mol. The van der Waals surface area contributed by atoms with Gasteiger partial charge >= 0.3 is 6.03 Å². The summed E-state index contributed by atoms with van der Waals surface area (Å²) in [6, 6.07) is 15.5. The third-order valence-corrected chi connectivity index (χ3v) is 6.55. The first kappa shape index (κ1) is 29.9. The second kappa shape index (κ2) is 12.9. The summed E-state index contributed by atoms with van der Waals surface area (Å²) in [6.07, 6.45) is 0.609. The topological polar surface area (TPSA) is 88.5 Å². The number of carbonyl (C=O) groups is 2. The Hall–Kier alpha value is -3.65. The Bertz CT molecular complexity index is 1270. The number of urea groups is 1. The number of hydrogen-bond acceptors (Lipinski definition) is 4. The Morgan fingerprint density at radius 1 is 1.03 bits per heavy atom. The highest BCUT2D eigenvalue weighted by Gasteiger charge is 2.24. The molecule has 3 aromatic rings. The summed E-state index contributed by atoms with van der Waals surface area (Å²) >= 11 is 0. The number of ether oxygens (including phenoxy) is 1. The van der Waals surface area contributed by atoms with Gasteiger partial charge in [0.05, 0.1) is 11.4 Å². The molecule has 2 N–H and O–H groups in total. The monoisotopic (exact) mass is 533 g/mol. The van der Waals surface area contributed by atoms with Crippen LogP contribution in [0, 0.1) is 13.8 Å². The number of aromatic nitrogens is 2. The van der Waals surface area contributed by atoms with E-state index in [4.69, 9.17) is 9.84 Å². The minimum Gasteiger partial charge on any atom is -0.385 e. The van der Waals surface area contributed by atoms with Crippen LogP contribution < -0.4 is 10.6 Å². The molecule has 0 bridgehead atoms. The molecule has 0 saturated heterocycles. The fourth-order valence-corrected chi connectivity index (χ4v) is 4.23. The van der Waals surface area contributed by atoms with Crippen LogP contribution >= 0.6 is 0 Å². The van der Waals surface area contributed by atoms with E-state index in [-0.39, 0.29) is 23.9 Å². The van der Waals surface area contributed by atoms with Crippen molar-refractivity contribution in [3.8, 4) is 5.69 Å². The molecule has 8 heteroatoms. The molecule has 3 rings (SSSR count). The average molecular weight is 534 g/mol. The molecule has 0 saturated carbocycles. The van der Waals surface area contributed by atoms with Crippen LogP contribution in [0.2, 0.25) is 0 Å². The summed E-state index contributed by atoms with van der Waals surface area (Å²) < 4.78 is 6.95. The predicted octanol–water partition coefficient (Wildman–Crippen LogP) is 6.42. The average Bonchev–Trinajstić information content (AvgIpc) is 3.27. The molecule has 0 unspecified atom stereocenters. The Morgan fingerprint density at radius 3 is 2.31 bits per heavy atom. The van der Waals surface area contributed by atoms with Crippen molar-refractivity contribution in [1.82, 2.24) is 14.7 Å². The van der Waals surface area contributed by atoms with E-state index in [1.807, 2.05) is 56.3 Å². The van der Waals surface area contributed by atoms with Crippen molar-refractivity contribution in [1.29, 1.82) is 0 Å². The molecule has 0 spiro atoms. The second-order valence-electron chi connectivity index (χ2n) is 11.4. The number of benzene rings is 2. The molecule has 8 nitrogen and oxygen atoms in total. The summed E-state index contributed by atoms with van der Waals surface area (Å²) in [5, 5.41) is 10.8. The molecular formula is C31H43N5O3. The molecule has 39 heavy (non-hydrogen) atoms. The van der Waals surface area contributed by atoms with Crippen molar-refractivity contribution in [3.63, 3.8) is 0 Å². The zero-order valence-electron chi connectivity index (χ0n) is 24.6. The molecule has 0 aliphatic carbocycles. The first-order valence-corrected chi connectivity index (χ1v) is 13.5. The van der Waals surface area contributed by atoms with E-state index in [0.717, 1.165) is 22.5 Å². The van der Waals surface area contributed by atoms with Gasteiger partial charge in [0.1, 0.15) is 12.4 Å². The summed E-state index contributed by atoms with van der Waals surface area (Å²) in [4.78, 5) is 28.0. The van der Waals surface area contributed by atoms with Gasteiger partial charge < -0.3 is 20.3 Å². The molecule has 3 amide bonds. The van der Waals surface area contributed by atoms with Crippen molar-refractivity contribution >= 4 is 23.4 Å². The number of rotatable bonds is 10. The Labute approximate surface area is 232 Å². The largest absolute Gasteiger partial charge is 0.385 e. The van der Waals surface area contributed by atoms with Crippen LogP contribution in [0.5, 0.6) is 0 Å². The second-order valence-corrected chi connectivity index (χ2v) is 11.4. The number of anilines is 2. The molecule has 0 aliphatic heterocycles. The maximum atomic E-state index is 13.3. The van der Waals surface area contributed by atoms with Crippen molar-refractivity contribution in [2.24, 2.45) is 0 Å². The van der Waals surface area contributed by atoms with Gasteiger partial charge in [-0.15, -0.1) is 0 Å². The normalized spacial score (nSPS) is 11.5. The minimum atomic E-state index is -0.336. The van der Waals surface area contributed by atoms with E-state index in [9.17, 15) is 9.59 Å². The van der Waals surface area contributed by atoms with Gasteiger partial charge in [0, 0.05) is 37.4 Å². The highest BCUT2D eigenvalue weighted by molar-refractivity contribution is 5.96. The fourth-order valence-electron chi connectivity index (χ4n) is 4.23. The summed E-state index contributed by atoms with van der Waals surface area (Å²) in [5.74, 6) is 0.669. The first-order chi connectivity index (χ1) is 18.4. The van der Waals surface area contributed by atoms with Crippen LogP contribution in [0.25, 0.3) is 5.69 Å². The number of amides is 3. The van der Waals surface area contributed by atoms with E-state index >= 15 is 0 Å². The molecule has 1 aromatic heterocycles. The van der Waals surface area contributed by atoms with E-state index in [1.54, 1.807) is 11.8 Å². The van der Waals surface area contributed by atoms with Crippen molar-refractivity contribution < 1.29 is 14.3 Å². The van der Waals surface area contributed by atoms with Gasteiger partial charge in [0.15, 0.2) is 0 Å². The predicted molar refractivity (Wildman–Crippen MR) is 158 cm³/mol. The lowest BCUT2D eigenvalue weighted by Gasteiger charge is -2.23. The van der Waals surface area contributed by atoms with Crippen LogP contribution in [-0.4, -0.2) is 53.4 Å². The van der Waals surface area contributed by atoms with Gasteiger partial charge in [-0.05, 0) is 55.5 Å². The maximum absolute atomic E-state index is 13.3. The zero-order chi connectivity index (χ0) is 28.7. The van der Waals surface area contributed by atoms with Crippen LogP contribution in [0.1, 0.15) is 69.3 Å². The molecule has 210 valence electrons. The Morgan fingerprint density at radius 2 is 1.72 bits per heavy atom. The number of nitrogens with zero attached hydrogens (tertiary/aromatic N) is 3. The number of methoxy groups -OCH3 is 1. The highest BCUT2D eigenvalue weighted by atomic mass is 16.5. The zero-order valence-corrected chi connectivity index (χ0v) is 24.6. The van der Waals surface area contributed by atoms with E-state index in [2.05, 4.69) is 51.3 Å². The van der Waals surface area contributed by atoms with Crippen LogP contribution in [-0.2, 0) is 14.9 Å². The summed E-state index contributed by atoms with van der Waals surface area (Å²) in [7, 11) is 1.62. The number of nitrogens with one attached hydrogen (secondary N) is 2. The van der Waals surface area contributed by atoms with Crippen molar-refractivity contribution in [2.75, 3.05) is 37.4 Å². The highest BCUT2D eigenvalue weighted by Crippen LogP contribution is 2.28. The summed E-state index contributed by atoms with van der Waals surface area (Å²) in [5.41, 5.74) is 5.63. The third-order valence-electron chi connectivity index (χ3n) is 6.55. The lowest BCUT2D eigenvalue weighted by atomic mass is 9.92. The Kier molecular flexibility index (Phi) is 9.92. The Balaban J connectivity index is 1.81. The standard InChI is InChI=1S/C31H43N5O3/c1-21(2)24-11-13-25(14-12-24)32-30(38)35(16-9-17-39-8)20-29(37)33-28-19-27(31(5,6)7)34-36(28)26-15-10-22(3)18-23(26)4/h10-15,18-19,21H,9,16-17,20H2,1-8H3,(H,32,38)(H,33,37). The molecule has 0 atom stereocenters. The van der Waals surface area contributed by atoms with Gasteiger partial charge in [0.2, 0.25) is 5.91 Å². The van der Waals surface area contributed by atoms with Gasteiger partial charge in [-0.3, -0.25) is 4.79 Å². The lowest BCUT2D eigenvalue weighted by molar-refractivity contribution is -0.116. The number of hydrogen-bond donors (Lipinski definition) is 2. The van der Waals surface area contributed by atoms with Crippen LogP contribution in [0.15, 0.2) is 48.5 Å². The van der Waals surface area contributed by atoms with Gasteiger partial charge in [0.25, 0.3) is 0 Å². The van der Waals surface area contributed by atoms with E-state index in [0.29, 0.717) is 37.0 Å². The van der Waals surface area contributed by atoms with E-state index < -0.39 is 0 Å². The molecule has 1 heterocycles. The van der Waals surface area contributed by atoms with Crippen LogP contribution in [0.4, 0.5) is 16.3 Å². The van der Waals surface area contributed by atoms with Crippen LogP contribution in [0.3, 0.4) is 0 Å². The first-order valence-electron chi connectivity index (χ1n) is 13.5. The third kappa shape index (κ3) is 8.17. The van der Waals surface area contributed by atoms with Gasteiger partial charge in [-0.1, -0.05) is 64.4 Å². The lowest BCUT2D eigenvalue weighted by Crippen LogP contribution is -2.41. The van der Waals surface area contributed by atoms with Gasteiger partial charge in [-0.2, -0.15) is 5.10 Å².